The standard InChI is InChI=1S/C30H41NO4/c1-20(18-35-19-28(31-34)23-8-5-4-6-9-23)26-13-14-27-22(10-7-15-30(26,27)3)11-12-24-16-25(32)17-29(33)21(24)2/h4-6,8-9,11-12,20,25-27,29,32-34H,2,7,10,13-19H2,1,3H3/b22-11+,24-12-,31-28?/t20-,25-,26-,27+,29+,30-/m1/s1. The van der Waals surface area contributed by atoms with Gasteiger partial charge in [-0.25, -0.2) is 0 Å². The lowest BCUT2D eigenvalue weighted by atomic mass is 9.61. The van der Waals surface area contributed by atoms with Crippen molar-refractivity contribution in [3.63, 3.8) is 0 Å². The van der Waals surface area contributed by atoms with Crippen molar-refractivity contribution in [2.75, 3.05) is 13.2 Å². The number of fused-ring (bicyclic) bond motifs is 1. The van der Waals surface area contributed by atoms with Crippen molar-refractivity contribution in [1.82, 2.24) is 0 Å². The molecular weight excluding hydrogens is 438 g/mol. The number of hydrogen-bond acceptors (Lipinski definition) is 5. The summed E-state index contributed by atoms with van der Waals surface area (Å²) in [6, 6.07) is 9.67. The number of hydrogen-bond donors (Lipinski definition) is 3. The summed E-state index contributed by atoms with van der Waals surface area (Å²) in [7, 11) is 0. The van der Waals surface area contributed by atoms with Gasteiger partial charge in [0, 0.05) is 18.6 Å². The molecule has 4 rings (SSSR count). The van der Waals surface area contributed by atoms with Gasteiger partial charge in [0.15, 0.2) is 0 Å². The van der Waals surface area contributed by atoms with Gasteiger partial charge in [0.1, 0.15) is 5.71 Å². The molecule has 3 saturated carbocycles. The fourth-order valence-corrected chi connectivity index (χ4v) is 6.94. The summed E-state index contributed by atoms with van der Waals surface area (Å²) in [6.07, 6.45) is 10.1. The molecule has 3 aliphatic rings. The molecule has 3 aliphatic carbocycles. The van der Waals surface area contributed by atoms with E-state index in [4.69, 9.17) is 4.74 Å². The molecule has 190 valence electrons. The molecular formula is C30H41NO4. The summed E-state index contributed by atoms with van der Waals surface area (Å²) in [5, 5.41) is 33.1. The lowest BCUT2D eigenvalue weighted by molar-refractivity contribution is 0.0454. The van der Waals surface area contributed by atoms with Gasteiger partial charge in [0.05, 0.1) is 18.8 Å². The number of ether oxygens (including phenoxy) is 1. The van der Waals surface area contributed by atoms with Crippen molar-refractivity contribution in [2.45, 2.75) is 71.0 Å². The number of benzene rings is 1. The molecule has 0 bridgehead atoms. The maximum atomic E-state index is 10.2. The zero-order valence-corrected chi connectivity index (χ0v) is 21.2. The lowest BCUT2D eigenvalue weighted by Crippen LogP contribution is -2.37. The van der Waals surface area contributed by atoms with E-state index >= 15 is 0 Å². The van der Waals surface area contributed by atoms with Gasteiger partial charge in [-0.3, -0.25) is 0 Å². The normalized spacial score (nSPS) is 34.9. The molecule has 5 heteroatoms. The minimum Gasteiger partial charge on any atom is -0.411 e. The summed E-state index contributed by atoms with van der Waals surface area (Å²) in [4.78, 5) is 0. The SMILES string of the molecule is C=C1/C(=C\C=C2/CCC[C@]3(C)[C@@H]([C@H](C)COCC(=NO)c4ccccc4)CC[C@@H]23)C[C@@H](O)C[C@@H]1O. The third-order valence-electron chi connectivity index (χ3n) is 8.84. The van der Waals surface area contributed by atoms with Crippen LogP contribution in [0.25, 0.3) is 0 Å². The molecule has 0 unspecified atom stereocenters. The van der Waals surface area contributed by atoms with Crippen LogP contribution < -0.4 is 0 Å². The minimum atomic E-state index is -0.644. The van der Waals surface area contributed by atoms with E-state index in [1.54, 1.807) is 0 Å². The average molecular weight is 480 g/mol. The van der Waals surface area contributed by atoms with E-state index in [0.29, 0.717) is 49.5 Å². The minimum absolute atomic E-state index is 0.251. The Morgan fingerprint density at radius 1 is 1.23 bits per heavy atom. The number of oxime groups is 1. The molecule has 0 aromatic heterocycles. The molecule has 0 amide bonds. The highest BCUT2D eigenvalue weighted by Crippen LogP contribution is 2.59. The van der Waals surface area contributed by atoms with E-state index in [9.17, 15) is 15.4 Å². The molecule has 5 nitrogen and oxygen atoms in total. The predicted octanol–water partition coefficient (Wildman–Crippen LogP) is 5.66. The van der Waals surface area contributed by atoms with Crippen molar-refractivity contribution < 1.29 is 20.2 Å². The van der Waals surface area contributed by atoms with Gasteiger partial charge >= 0.3 is 0 Å². The Morgan fingerprint density at radius 3 is 2.74 bits per heavy atom. The van der Waals surface area contributed by atoms with Gasteiger partial charge < -0.3 is 20.2 Å². The fourth-order valence-electron chi connectivity index (χ4n) is 6.94. The second-order valence-electron chi connectivity index (χ2n) is 11.1. The van der Waals surface area contributed by atoms with Gasteiger partial charge in [0.2, 0.25) is 0 Å². The molecule has 0 aliphatic heterocycles. The highest BCUT2D eigenvalue weighted by atomic mass is 16.5. The Balaban J connectivity index is 1.40. The first kappa shape index (κ1) is 25.9. The number of rotatable bonds is 7. The van der Waals surface area contributed by atoms with Crippen molar-refractivity contribution >= 4 is 5.71 Å². The van der Waals surface area contributed by atoms with E-state index < -0.39 is 12.2 Å². The average Bonchev–Trinajstić information content (AvgIpc) is 3.21. The van der Waals surface area contributed by atoms with E-state index in [1.165, 1.54) is 31.3 Å². The Labute approximate surface area is 209 Å². The van der Waals surface area contributed by atoms with Crippen LogP contribution in [0.4, 0.5) is 0 Å². The molecule has 0 spiro atoms. The predicted molar refractivity (Wildman–Crippen MR) is 139 cm³/mol. The number of aliphatic hydroxyl groups is 2. The highest BCUT2D eigenvalue weighted by molar-refractivity contribution is 6.01. The third kappa shape index (κ3) is 5.63. The molecule has 3 fully saturated rings. The quantitative estimate of drug-likeness (QED) is 0.268. The molecule has 0 radical (unpaired) electrons. The van der Waals surface area contributed by atoms with E-state index in [0.717, 1.165) is 23.1 Å². The highest BCUT2D eigenvalue weighted by Gasteiger charge is 2.50. The number of aliphatic hydroxyl groups excluding tert-OH is 2. The molecule has 0 saturated heterocycles. The van der Waals surface area contributed by atoms with Crippen LogP contribution in [0.15, 0.2) is 70.9 Å². The van der Waals surface area contributed by atoms with Crippen molar-refractivity contribution in [3.8, 4) is 0 Å². The van der Waals surface area contributed by atoms with Gasteiger partial charge in [0.25, 0.3) is 0 Å². The van der Waals surface area contributed by atoms with Crippen LogP contribution in [0.5, 0.6) is 0 Å². The van der Waals surface area contributed by atoms with Crippen molar-refractivity contribution in [1.29, 1.82) is 0 Å². The second-order valence-corrected chi connectivity index (χ2v) is 11.1. The van der Waals surface area contributed by atoms with Gasteiger partial charge in [-0.1, -0.05) is 73.6 Å². The summed E-state index contributed by atoms with van der Waals surface area (Å²) >= 11 is 0. The Hall–Kier alpha value is -2.21. The van der Waals surface area contributed by atoms with E-state index in [2.05, 4.69) is 37.7 Å². The van der Waals surface area contributed by atoms with Crippen molar-refractivity contribution in [3.05, 3.63) is 71.3 Å². The van der Waals surface area contributed by atoms with Gasteiger partial charge in [-0.2, -0.15) is 0 Å². The molecule has 35 heavy (non-hydrogen) atoms. The first-order valence-electron chi connectivity index (χ1n) is 13.1. The zero-order valence-electron chi connectivity index (χ0n) is 21.2. The molecule has 0 heterocycles. The Bertz CT molecular complexity index is 981. The van der Waals surface area contributed by atoms with E-state index in [1.807, 2.05) is 30.3 Å². The monoisotopic (exact) mass is 479 g/mol. The fraction of sp³-hybridized carbons (Fsp3) is 0.567. The maximum Gasteiger partial charge on any atom is 0.112 e. The summed E-state index contributed by atoms with van der Waals surface area (Å²) in [5.74, 6) is 1.57. The topological polar surface area (TPSA) is 82.3 Å². The summed E-state index contributed by atoms with van der Waals surface area (Å²) in [5.41, 5.74) is 4.93. The molecule has 1 aromatic rings. The largest absolute Gasteiger partial charge is 0.411 e. The maximum absolute atomic E-state index is 10.2. The molecule has 1 aromatic carbocycles. The first-order valence-corrected chi connectivity index (χ1v) is 13.1. The van der Waals surface area contributed by atoms with Crippen LogP contribution in [0.2, 0.25) is 0 Å². The lowest BCUT2D eigenvalue weighted by Gasteiger charge is -2.44. The zero-order chi connectivity index (χ0) is 25.0. The van der Waals surface area contributed by atoms with Gasteiger partial charge in [-0.15, -0.1) is 0 Å². The molecule has 3 N–H and O–H groups in total. The van der Waals surface area contributed by atoms with Gasteiger partial charge in [-0.05, 0) is 72.8 Å². The van der Waals surface area contributed by atoms with Crippen molar-refractivity contribution in [2.24, 2.45) is 28.3 Å². The summed E-state index contributed by atoms with van der Waals surface area (Å²) < 4.78 is 6.05. The summed E-state index contributed by atoms with van der Waals surface area (Å²) in [6.45, 7) is 9.77. The molecule has 6 atom stereocenters. The van der Waals surface area contributed by atoms with Crippen LogP contribution in [0.1, 0.15) is 64.4 Å². The third-order valence-corrected chi connectivity index (χ3v) is 8.84. The smallest absolute Gasteiger partial charge is 0.112 e. The van der Waals surface area contributed by atoms with Crippen LogP contribution in [0.3, 0.4) is 0 Å². The van der Waals surface area contributed by atoms with Crippen LogP contribution in [-0.2, 0) is 4.74 Å². The van der Waals surface area contributed by atoms with E-state index in [-0.39, 0.29) is 5.41 Å². The second kappa shape index (κ2) is 11.2. The Morgan fingerprint density at radius 2 is 2.00 bits per heavy atom. The van der Waals surface area contributed by atoms with Crippen LogP contribution in [-0.4, -0.2) is 46.6 Å². The number of allylic oxidation sites excluding steroid dienone is 3. The number of nitrogens with zero attached hydrogens (tertiary/aromatic N) is 1. The van der Waals surface area contributed by atoms with Crippen LogP contribution >= 0.6 is 0 Å². The van der Waals surface area contributed by atoms with Crippen LogP contribution in [0, 0.1) is 23.2 Å². The first-order chi connectivity index (χ1) is 16.8. The Kier molecular flexibility index (Phi) is 8.31.